The Bertz CT molecular complexity index is 1410. The lowest BCUT2D eigenvalue weighted by molar-refractivity contribution is 0.0391. The van der Waals surface area contributed by atoms with Gasteiger partial charge in [-0.05, 0) is 56.0 Å². The summed E-state index contributed by atoms with van der Waals surface area (Å²) in [5.74, 6) is 0.642. The summed E-state index contributed by atoms with van der Waals surface area (Å²) in [6.45, 7) is 0. The van der Waals surface area contributed by atoms with Gasteiger partial charge in [0.05, 0.1) is 53.2 Å². The van der Waals surface area contributed by atoms with Gasteiger partial charge in [0.15, 0.2) is 0 Å². The zero-order valence-electron chi connectivity index (χ0n) is 19.6. The molecule has 178 valence electrons. The lowest BCUT2D eigenvalue weighted by Gasteiger charge is -2.45. The van der Waals surface area contributed by atoms with Crippen molar-refractivity contribution < 1.29 is 9.53 Å². The first-order valence-electron chi connectivity index (χ1n) is 11.7. The molecule has 2 bridgehead atoms. The number of para-hydroxylation sites is 1. The molecule has 1 saturated heterocycles. The van der Waals surface area contributed by atoms with E-state index in [1.54, 1.807) is 19.5 Å². The molecule has 2 aromatic heterocycles. The van der Waals surface area contributed by atoms with Gasteiger partial charge in [-0.15, -0.1) is 0 Å². The quantitative estimate of drug-likeness (QED) is 0.419. The Morgan fingerprint density at radius 3 is 2.69 bits per heavy atom. The average Bonchev–Trinajstić information content (AvgIpc) is 3.51. The number of methoxy groups -OCH3 is 1. The molecule has 8 nitrogen and oxygen atoms in total. The Morgan fingerprint density at radius 2 is 1.91 bits per heavy atom. The van der Waals surface area contributed by atoms with E-state index < -0.39 is 0 Å². The van der Waals surface area contributed by atoms with Gasteiger partial charge < -0.3 is 9.64 Å². The summed E-state index contributed by atoms with van der Waals surface area (Å²) in [5, 5.41) is 14.0. The molecule has 2 atom stereocenters. The Labute approximate surface area is 208 Å². The molecule has 0 radical (unpaired) electrons. The molecule has 2 aliphatic heterocycles. The minimum Gasteiger partial charge on any atom is -0.495 e. The van der Waals surface area contributed by atoms with Crippen LogP contribution >= 0.6 is 11.6 Å². The first kappa shape index (κ1) is 21.9. The number of halogens is 1. The van der Waals surface area contributed by atoms with Crippen LogP contribution in [0.25, 0.3) is 16.9 Å². The molecule has 2 unspecified atom stereocenters. The molecular formula is C26H25ClN6O2. The molecule has 0 N–H and O–H groups in total. The largest absolute Gasteiger partial charge is 0.495 e. The molecule has 2 aromatic carbocycles. The fourth-order valence-electron chi connectivity index (χ4n) is 5.63. The molecule has 1 amide bonds. The van der Waals surface area contributed by atoms with Gasteiger partial charge >= 0.3 is 0 Å². The van der Waals surface area contributed by atoms with Crippen molar-refractivity contribution in [3.05, 3.63) is 76.7 Å². The van der Waals surface area contributed by atoms with Gasteiger partial charge in [-0.2, -0.15) is 20.1 Å². The number of carbonyl (C=O) groups excluding carboxylic acids is 1. The minimum absolute atomic E-state index is 0.00190. The van der Waals surface area contributed by atoms with Crippen molar-refractivity contribution in [2.75, 3.05) is 7.11 Å². The SMILES string of the molecule is COc1ccc(-c2c3c(nn2C)C2CCCC(C3)N2C(=O)c2ccccc2-n2nccn2)cc1Cl. The number of fused-ring (bicyclic) bond motifs is 4. The summed E-state index contributed by atoms with van der Waals surface area (Å²) in [6.07, 6.45) is 6.90. The van der Waals surface area contributed by atoms with Crippen LogP contribution in [0, 0.1) is 0 Å². The maximum absolute atomic E-state index is 14.0. The fraction of sp³-hybridized carbons (Fsp3) is 0.308. The molecule has 0 spiro atoms. The zero-order valence-corrected chi connectivity index (χ0v) is 20.3. The van der Waals surface area contributed by atoms with E-state index in [-0.39, 0.29) is 18.0 Å². The summed E-state index contributed by atoms with van der Waals surface area (Å²) in [6, 6.07) is 13.4. The van der Waals surface area contributed by atoms with Crippen molar-refractivity contribution >= 4 is 17.5 Å². The van der Waals surface area contributed by atoms with Crippen molar-refractivity contribution in [2.24, 2.45) is 7.05 Å². The zero-order chi connectivity index (χ0) is 24.1. The molecule has 6 rings (SSSR count). The van der Waals surface area contributed by atoms with Gasteiger partial charge in [0, 0.05) is 24.2 Å². The average molecular weight is 489 g/mol. The third-order valence-electron chi connectivity index (χ3n) is 7.10. The predicted molar refractivity (Wildman–Crippen MR) is 132 cm³/mol. The van der Waals surface area contributed by atoms with Crippen LogP contribution in [0.1, 0.15) is 46.9 Å². The van der Waals surface area contributed by atoms with Crippen LogP contribution in [-0.4, -0.2) is 48.7 Å². The van der Waals surface area contributed by atoms with E-state index in [2.05, 4.69) is 10.2 Å². The third-order valence-corrected chi connectivity index (χ3v) is 7.40. The normalized spacial score (nSPS) is 18.9. The van der Waals surface area contributed by atoms with Crippen molar-refractivity contribution in [1.29, 1.82) is 0 Å². The number of rotatable bonds is 4. The second-order valence-corrected chi connectivity index (χ2v) is 9.45. The topological polar surface area (TPSA) is 78.1 Å². The molecule has 4 aromatic rings. The van der Waals surface area contributed by atoms with Crippen molar-refractivity contribution in [3.63, 3.8) is 0 Å². The molecular weight excluding hydrogens is 464 g/mol. The van der Waals surface area contributed by atoms with E-state index in [1.165, 1.54) is 10.4 Å². The summed E-state index contributed by atoms with van der Waals surface area (Å²) in [5.41, 5.74) is 5.51. The third kappa shape index (κ3) is 3.51. The monoisotopic (exact) mass is 488 g/mol. The van der Waals surface area contributed by atoms with E-state index >= 15 is 0 Å². The van der Waals surface area contributed by atoms with E-state index in [4.69, 9.17) is 21.4 Å². The fourth-order valence-corrected chi connectivity index (χ4v) is 5.89. The van der Waals surface area contributed by atoms with E-state index in [0.29, 0.717) is 22.0 Å². The number of benzene rings is 2. The van der Waals surface area contributed by atoms with Crippen LogP contribution in [0.2, 0.25) is 5.02 Å². The number of piperidine rings is 1. The molecule has 4 heterocycles. The number of ether oxygens (including phenoxy) is 1. The number of carbonyl (C=O) groups is 1. The highest BCUT2D eigenvalue weighted by Crippen LogP contribution is 2.45. The van der Waals surface area contributed by atoms with Crippen LogP contribution < -0.4 is 4.74 Å². The first-order chi connectivity index (χ1) is 17.1. The number of hydrogen-bond donors (Lipinski definition) is 0. The number of aromatic nitrogens is 5. The molecule has 0 saturated carbocycles. The summed E-state index contributed by atoms with van der Waals surface area (Å²) in [4.78, 5) is 17.6. The maximum atomic E-state index is 14.0. The van der Waals surface area contributed by atoms with Crippen LogP contribution in [0.3, 0.4) is 0 Å². The van der Waals surface area contributed by atoms with Gasteiger partial charge in [0.1, 0.15) is 5.75 Å². The number of amides is 1. The van der Waals surface area contributed by atoms with E-state index in [9.17, 15) is 4.79 Å². The lowest BCUT2D eigenvalue weighted by atomic mass is 9.81. The van der Waals surface area contributed by atoms with Gasteiger partial charge in [-0.3, -0.25) is 9.48 Å². The van der Waals surface area contributed by atoms with Crippen molar-refractivity contribution in [2.45, 2.75) is 37.8 Å². The van der Waals surface area contributed by atoms with Gasteiger partial charge in [0.2, 0.25) is 0 Å². The maximum Gasteiger partial charge on any atom is 0.256 e. The first-order valence-corrected chi connectivity index (χ1v) is 12.1. The Kier molecular flexibility index (Phi) is 5.33. The highest BCUT2D eigenvalue weighted by Gasteiger charge is 2.44. The minimum atomic E-state index is -0.0719. The second-order valence-electron chi connectivity index (χ2n) is 9.04. The van der Waals surface area contributed by atoms with Crippen molar-refractivity contribution in [1.82, 2.24) is 29.7 Å². The van der Waals surface area contributed by atoms with Crippen LogP contribution in [0.5, 0.6) is 5.75 Å². The van der Waals surface area contributed by atoms with Crippen LogP contribution in [0.15, 0.2) is 54.9 Å². The van der Waals surface area contributed by atoms with Crippen molar-refractivity contribution in [3.8, 4) is 22.7 Å². The highest BCUT2D eigenvalue weighted by molar-refractivity contribution is 6.32. The Hall–Kier alpha value is -3.65. The summed E-state index contributed by atoms with van der Waals surface area (Å²) < 4.78 is 7.25. The van der Waals surface area contributed by atoms with Gasteiger partial charge in [-0.1, -0.05) is 23.7 Å². The summed E-state index contributed by atoms with van der Waals surface area (Å²) >= 11 is 6.45. The molecule has 1 fully saturated rings. The number of nitrogens with zero attached hydrogens (tertiary/aromatic N) is 6. The van der Waals surface area contributed by atoms with Gasteiger partial charge in [-0.25, -0.2) is 0 Å². The molecule has 0 aliphatic carbocycles. The molecule has 35 heavy (non-hydrogen) atoms. The van der Waals surface area contributed by atoms with Gasteiger partial charge in [0.25, 0.3) is 5.91 Å². The van der Waals surface area contributed by atoms with Crippen LogP contribution in [0.4, 0.5) is 0 Å². The predicted octanol–water partition coefficient (Wildman–Crippen LogP) is 4.62. The van der Waals surface area contributed by atoms with Crippen LogP contribution in [-0.2, 0) is 13.5 Å². The number of hydrogen-bond acceptors (Lipinski definition) is 5. The van der Waals surface area contributed by atoms with E-state index in [0.717, 1.165) is 42.6 Å². The lowest BCUT2D eigenvalue weighted by Crippen LogP contribution is -2.50. The standard InChI is InChI=1S/C26H25ClN6O2/c1-31-25(16-10-11-23(35-2)20(27)14-16)19-15-17-6-5-9-22(24(19)30-31)32(17)26(34)18-7-3-4-8-21(18)33-28-12-13-29-33/h3-4,7-8,10-14,17,22H,5-6,9,15H2,1-2H3. The smallest absolute Gasteiger partial charge is 0.256 e. The molecule has 9 heteroatoms. The summed E-state index contributed by atoms with van der Waals surface area (Å²) in [7, 11) is 3.57. The number of aryl methyl sites for hydroxylation is 1. The second kappa shape index (κ2) is 8.53. The Morgan fingerprint density at radius 1 is 1.11 bits per heavy atom. The Balaban J connectivity index is 1.42. The van der Waals surface area contributed by atoms with E-state index in [1.807, 2.05) is 59.1 Å². The molecule has 2 aliphatic rings. The highest BCUT2D eigenvalue weighted by atomic mass is 35.5.